The van der Waals surface area contributed by atoms with Crippen LogP contribution >= 0.6 is 0 Å². The van der Waals surface area contributed by atoms with E-state index in [1.165, 1.54) is 0 Å². The zero-order valence-electron chi connectivity index (χ0n) is 5.13. The van der Waals surface area contributed by atoms with Crippen molar-refractivity contribution in [3.8, 4) is 0 Å². The molecule has 0 atom stereocenters. The molecule has 0 saturated carbocycles. The maximum atomic E-state index is 2.98. The van der Waals surface area contributed by atoms with Gasteiger partial charge in [0.25, 0.3) is 0 Å². The average molecular weight is 109 g/mol. The highest BCUT2D eigenvalue weighted by molar-refractivity contribution is 4.92. The second kappa shape index (κ2) is 1.90. The van der Waals surface area contributed by atoms with Crippen molar-refractivity contribution >= 4 is 0 Å². The standard InChI is InChI=1S/C6H9N2/c1-7(2)8-5-3-4-6-8/h3-5H,1-2H3. The van der Waals surface area contributed by atoms with Crippen LogP contribution < -0.4 is 5.01 Å². The lowest BCUT2D eigenvalue weighted by atomic mass is 10.7. The molecule has 0 N–H and O–H groups in total. The van der Waals surface area contributed by atoms with Crippen molar-refractivity contribution in [2.24, 2.45) is 0 Å². The quantitative estimate of drug-likeness (QED) is 0.509. The lowest BCUT2D eigenvalue weighted by molar-refractivity contribution is 0.731. The van der Waals surface area contributed by atoms with Crippen LogP contribution in [0.15, 0.2) is 18.3 Å². The Kier molecular flexibility index (Phi) is 1.24. The average Bonchev–Trinajstić information content (AvgIpc) is 2.12. The summed E-state index contributed by atoms with van der Waals surface area (Å²) in [7, 11) is 3.94. The molecule has 43 valence electrons. The number of hydrogen-bond acceptors (Lipinski definition) is 1. The molecule has 0 spiro atoms. The Hall–Kier alpha value is -0.920. The molecule has 0 amide bonds. The second-order valence-corrected chi connectivity index (χ2v) is 1.83. The van der Waals surface area contributed by atoms with Gasteiger partial charge in [-0.1, -0.05) is 0 Å². The minimum Gasteiger partial charge on any atom is -0.319 e. The van der Waals surface area contributed by atoms with Crippen LogP contribution in [0.3, 0.4) is 0 Å². The van der Waals surface area contributed by atoms with Gasteiger partial charge >= 0.3 is 0 Å². The Balaban J connectivity index is 2.77. The van der Waals surface area contributed by atoms with Gasteiger partial charge in [-0.3, -0.25) is 4.68 Å². The lowest BCUT2D eigenvalue weighted by Gasteiger charge is -2.11. The lowest BCUT2D eigenvalue weighted by Crippen LogP contribution is -2.22. The summed E-state index contributed by atoms with van der Waals surface area (Å²) in [5.74, 6) is 0. The minimum atomic E-state index is 1.88. The van der Waals surface area contributed by atoms with Crippen LogP contribution in [-0.2, 0) is 0 Å². The Labute approximate surface area is 49.3 Å². The molecule has 0 aliphatic heterocycles. The van der Waals surface area contributed by atoms with Crippen LogP contribution in [0.1, 0.15) is 0 Å². The van der Waals surface area contributed by atoms with Crippen LogP contribution in [0, 0.1) is 6.20 Å². The third-order valence-electron chi connectivity index (χ3n) is 0.961. The molecule has 0 fully saturated rings. The van der Waals surface area contributed by atoms with Gasteiger partial charge in [-0.15, -0.1) is 0 Å². The van der Waals surface area contributed by atoms with Gasteiger partial charge in [0.05, 0.1) is 6.20 Å². The van der Waals surface area contributed by atoms with E-state index in [0.717, 1.165) is 0 Å². The molecule has 0 saturated heterocycles. The molecule has 0 aliphatic carbocycles. The van der Waals surface area contributed by atoms with Gasteiger partial charge in [0.1, 0.15) is 0 Å². The molecule has 0 aromatic carbocycles. The summed E-state index contributed by atoms with van der Waals surface area (Å²) in [6.45, 7) is 0. The highest BCUT2D eigenvalue weighted by Gasteiger charge is 1.84. The van der Waals surface area contributed by atoms with Crippen molar-refractivity contribution in [2.45, 2.75) is 0 Å². The maximum absolute atomic E-state index is 2.98. The Morgan fingerprint density at radius 3 is 2.50 bits per heavy atom. The van der Waals surface area contributed by atoms with E-state index in [1.807, 2.05) is 42.1 Å². The van der Waals surface area contributed by atoms with Crippen LogP contribution in [0.25, 0.3) is 0 Å². The van der Waals surface area contributed by atoms with Gasteiger partial charge in [-0.05, 0) is 12.1 Å². The fraction of sp³-hybridized carbons (Fsp3) is 0.333. The summed E-state index contributed by atoms with van der Waals surface area (Å²) in [4.78, 5) is 0. The molecule has 1 radical (unpaired) electrons. The predicted molar refractivity (Wildman–Crippen MR) is 33.3 cm³/mol. The van der Waals surface area contributed by atoms with Crippen molar-refractivity contribution in [3.63, 3.8) is 0 Å². The van der Waals surface area contributed by atoms with Crippen LogP contribution in [0.4, 0.5) is 0 Å². The van der Waals surface area contributed by atoms with Crippen molar-refractivity contribution in [2.75, 3.05) is 19.1 Å². The predicted octanol–water partition coefficient (Wildman–Crippen LogP) is 0.486. The highest BCUT2D eigenvalue weighted by Crippen LogP contribution is 1.85. The Bertz CT molecular complexity index is 142. The van der Waals surface area contributed by atoms with E-state index < -0.39 is 0 Å². The molecule has 8 heavy (non-hydrogen) atoms. The zero-order chi connectivity index (χ0) is 5.98. The van der Waals surface area contributed by atoms with Gasteiger partial charge in [0, 0.05) is 20.3 Å². The smallest absolute Gasteiger partial charge is 0.0878 e. The van der Waals surface area contributed by atoms with E-state index in [0.29, 0.717) is 0 Å². The van der Waals surface area contributed by atoms with Gasteiger partial charge in [-0.2, -0.15) is 0 Å². The number of aromatic nitrogens is 1. The largest absolute Gasteiger partial charge is 0.319 e. The number of nitrogens with zero attached hydrogens (tertiary/aromatic N) is 2. The van der Waals surface area contributed by atoms with E-state index in [9.17, 15) is 0 Å². The summed E-state index contributed by atoms with van der Waals surface area (Å²) in [5, 5.41) is 1.94. The first-order valence-corrected chi connectivity index (χ1v) is 2.53. The summed E-state index contributed by atoms with van der Waals surface area (Å²) >= 11 is 0. The van der Waals surface area contributed by atoms with E-state index >= 15 is 0 Å². The molecule has 0 aliphatic rings. The highest BCUT2D eigenvalue weighted by atomic mass is 15.5. The molecule has 2 nitrogen and oxygen atoms in total. The van der Waals surface area contributed by atoms with Crippen LogP contribution in [-0.4, -0.2) is 18.8 Å². The number of rotatable bonds is 1. The molecule has 2 heteroatoms. The normalized spacial score (nSPS) is 9.25. The first-order chi connectivity index (χ1) is 3.80. The van der Waals surface area contributed by atoms with E-state index in [4.69, 9.17) is 0 Å². The fourth-order valence-electron chi connectivity index (χ4n) is 0.536. The van der Waals surface area contributed by atoms with Crippen molar-refractivity contribution in [3.05, 3.63) is 24.5 Å². The van der Waals surface area contributed by atoms with E-state index in [1.54, 1.807) is 0 Å². The first kappa shape index (κ1) is 5.22. The minimum absolute atomic E-state index is 1.88. The zero-order valence-corrected chi connectivity index (χ0v) is 5.13. The summed E-state index contributed by atoms with van der Waals surface area (Å²) in [5.41, 5.74) is 0. The van der Waals surface area contributed by atoms with E-state index in [-0.39, 0.29) is 0 Å². The SMILES string of the molecule is CN(C)n1[c]ccc1. The van der Waals surface area contributed by atoms with Crippen molar-refractivity contribution < 1.29 is 0 Å². The molecule has 1 aromatic rings. The molecular weight excluding hydrogens is 100 g/mol. The molecule has 1 aromatic heterocycles. The van der Waals surface area contributed by atoms with Crippen LogP contribution in [0.2, 0.25) is 0 Å². The summed E-state index contributed by atoms with van der Waals surface area (Å²) in [6, 6.07) is 3.82. The third-order valence-corrected chi connectivity index (χ3v) is 0.961. The molecule has 1 heterocycles. The van der Waals surface area contributed by atoms with Crippen molar-refractivity contribution in [1.82, 2.24) is 4.68 Å². The third kappa shape index (κ3) is 0.832. The Morgan fingerprint density at radius 2 is 2.25 bits per heavy atom. The second-order valence-electron chi connectivity index (χ2n) is 1.83. The fourth-order valence-corrected chi connectivity index (χ4v) is 0.536. The molecular formula is C6H9N2. The van der Waals surface area contributed by atoms with Crippen LogP contribution in [0.5, 0.6) is 0 Å². The van der Waals surface area contributed by atoms with Gasteiger partial charge in [-0.25, -0.2) is 0 Å². The first-order valence-electron chi connectivity index (χ1n) is 2.53. The van der Waals surface area contributed by atoms with Gasteiger partial charge < -0.3 is 5.01 Å². The van der Waals surface area contributed by atoms with Gasteiger partial charge in [0.15, 0.2) is 0 Å². The number of hydrogen-bond donors (Lipinski definition) is 0. The van der Waals surface area contributed by atoms with Crippen molar-refractivity contribution in [1.29, 1.82) is 0 Å². The molecule has 0 bridgehead atoms. The molecule has 0 unspecified atom stereocenters. The van der Waals surface area contributed by atoms with Gasteiger partial charge in [0.2, 0.25) is 0 Å². The topological polar surface area (TPSA) is 8.17 Å². The van der Waals surface area contributed by atoms with E-state index in [2.05, 4.69) is 6.20 Å². The summed E-state index contributed by atoms with van der Waals surface area (Å²) < 4.78 is 1.88. The summed E-state index contributed by atoms with van der Waals surface area (Å²) in [6.07, 6.45) is 4.92. The Morgan fingerprint density at radius 1 is 1.50 bits per heavy atom. The maximum Gasteiger partial charge on any atom is 0.0878 e. The monoisotopic (exact) mass is 109 g/mol. The molecule has 1 rings (SSSR count).